The fraction of sp³-hybridized carbons (Fsp3) is 0.826. The zero-order chi connectivity index (χ0) is 51.7. The molecule has 0 unspecified atom stereocenters. The van der Waals surface area contributed by atoms with Crippen LogP contribution in [0.2, 0.25) is 0 Å². The van der Waals surface area contributed by atoms with Gasteiger partial charge in [0.15, 0.2) is 0 Å². The lowest BCUT2D eigenvalue weighted by Gasteiger charge is -2.34. The Morgan fingerprint density at radius 3 is 1.22 bits per heavy atom. The number of rotatable bonds is 24. The summed E-state index contributed by atoms with van der Waals surface area (Å²) in [7, 11) is 0. The summed E-state index contributed by atoms with van der Waals surface area (Å²) in [4.78, 5) is 109. The summed E-state index contributed by atoms with van der Waals surface area (Å²) in [6, 6.07) is -1.12. The number of nitrogens with one attached hydrogen (secondary N) is 3. The lowest BCUT2D eigenvalue weighted by Crippen LogP contribution is -2.52. The Kier molecular flexibility index (Phi) is 27.3. The van der Waals surface area contributed by atoms with Crippen LogP contribution in [0.15, 0.2) is 0 Å². The molecule has 1 heterocycles. The molecule has 1 atom stereocenters. The number of nitrogens with zero attached hydrogens (tertiary/aromatic N) is 4. The molecule has 3 amide bonds. The molecule has 0 bridgehead atoms. The molecule has 1 aliphatic rings. The molecule has 392 valence electrons. The van der Waals surface area contributed by atoms with Crippen LogP contribution in [0.3, 0.4) is 0 Å². The lowest BCUT2D eigenvalue weighted by molar-refractivity contribution is -0.158. The van der Waals surface area contributed by atoms with Crippen LogP contribution < -0.4 is 16.0 Å². The molecule has 0 aromatic rings. The van der Waals surface area contributed by atoms with Gasteiger partial charge in [0.05, 0.1) is 52.6 Å². The van der Waals surface area contributed by atoms with Gasteiger partial charge in [-0.3, -0.25) is 58.0 Å². The van der Waals surface area contributed by atoms with Crippen molar-refractivity contribution in [3.05, 3.63) is 0 Å². The minimum absolute atomic E-state index is 0.0169. The van der Waals surface area contributed by atoms with Crippen molar-refractivity contribution >= 4 is 47.6 Å². The highest BCUT2D eigenvalue weighted by molar-refractivity contribution is 5.88. The molecule has 0 aromatic carbocycles. The highest BCUT2D eigenvalue weighted by Gasteiger charge is 2.28. The van der Waals surface area contributed by atoms with E-state index < -0.39 is 82.6 Å². The minimum Gasteiger partial charge on any atom is -0.480 e. The molecule has 0 aromatic heterocycles. The van der Waals surface area contributed by atoms with Gasteiger partial charge >= 0.3 is 29.8 Å². The number of carboxylic acid groups (broad SMARTS) is 1. The van der Waals surface area contributed by atoms with E-state index >= 15 is 0 Å². The summed E-state index contributed by atoms with van der Waals surface area (Å²) in [6.07, 6.45) is -0.242. The Morgan fingerprint density at radius 1 is 0.471 bits per heavy atom. The summed E-state index contributed by atoms with van der Waals surface area (Å²) in [5, 5.41) is 16.4. The Hall–Kier alpha value is -4.48. The number of esters is 4. The molecule has 0 radical (unpaired) electrons. The Labute approximate surface area is 403 Å². The van der Waals surface area contributed by atoms with E-state index in [4.69, 9.17) is 33.5 Å². The predicted molar refractivity (Wildman–Crippen MR) is 250 cm³/mol. The maximum atomic E-state index is 13.9. The van der Waals surface area contributed by atoms with Gasteiger partial charge in [-0.1, -0.05) is 0 Å². The number of hydrogen-bond acceptors (Lipinski definition) is 18. The lowest BCUT2D eigenvalue weighted by atomic mass is 10.1. The largest absolute Gasteiger partial charge is 0.480 e. The third-order valence-corrected chi connectivity index (χ3v) is 9.15. The maximum absolute atomic E-state index is 13.9. The quantitative estimate of drug-likeness (QED) is 0.0586. The summed E-state index contributed by atoms with van der Waals surface area (Å²) in [6.45, 7) is 23.6. The van der Waals surface area contributed by atoms with E-state index in [0.717, 1.165) is 0 Å². The van der Waals surface area contributed by atoms with Gasteiger partial charge < -0.3 is 49.5 Å². The highest BCUT2D eigenvalue weighted by Crippen LogP contribution is 2.13. The maximum Gasteiger partial charge on any atom is 0.322 e. The van der Waals surface area contributed by atoms with E-state index in [1.807, 2.05) is 19.6 Å². The normalized spacial score (nSPS) is 16.0. The number of amides is 3. The predicted octanol–water partition coefficient (Wildman–Crippen LogP) is 0.580. The average Bonchev–Trinajstić information content (AvgIpc) is 3.15. The topological polar surface area (TPSA) is 261 Å². The van der Waals surface area contributed by atoms with Crippen LogP contribution in [0.5, 0.6) is 0 Å². The van der Waals surface area contributed by atoms with Crippen LogP contribution in [0.1, 0.15) is 102 Å². The fourth-order valence-electron chi connectivity index (χ4n) is 6.37. The van der Waals surface area contributed by atoms with Gasteiger partial charge in [0, 0.05) is 71.7 Å². The summed E-state index contributed by atoms with van der Waals surface area (Å²) in [5.41, 5.74) is -2.91. The Bertz CT molecular complexity index is 1570. The molecule has 22 heteroatoms. The SMILES string of the molecule is CC(C)(C)OC(=O)CC[C@H](NC(=O)CN1CCN(CC(=O)OC(C)(C)C)CCN(CC(=O)OC(C)(C)C)CCN(CC(=O)OC(C)(C)C)CC1)C(=O)NCCOCCOCCC(=O)NCC(=O)O. The molecule has 0 aliphatic carbocycles. The van der Waals surface area contributed by atoms with Crippen LogP contribution >= 0.6 is 0 Å². The van der Waals surface area contributed by atoms with E-state index in [2.05, 4.69) is 16.0 Å². The van der Waals surface area contributed by atoms with E-state index in [-0.39, 0.29) is 91.5 Å². The number of hydrogen-bond donors (Lipinski definition) is 4. The molecule has 4 N–H and O–H groups in total. The van der Waals surface area contributed by atoms with Crippen molar-refractivity contribution in [3.63, 3.8) is 0 Å². The third-order valence-electron chi connectivity index (χ3n) is 9.15. The second-order valence-electron chi connectivity index (χ2n) is 20.5. The summed E-state index contributed by atoms with van der Waals surface area (Å²) < 4.78 is 33.2. The van der Waals surface area contributed by atoms with Crippen LogP contribution in [0.25, 0.3) is 0 Å². The minimum atomic E-state index is -1.15. The van der Waals surface area contributed by atoms with Gasteiger partial charge in [0.1, 0.15) is 35.0 Å². The molecule has 0 saturated carbocycles. The van der Waals surface area contributed by atoms with Gasteiger partial charge in [-0.15, -0.1) is 0 Å². The summed E-state index contributed by atoms with van der Waals surface area (Å²) in [5.74, 6) is -4.50. The first-order valence-corrected chi connectivity index (χ1v) is 23.4. The van der Waals surface area contributed by atoms with E-state index in [1.165, 1.54) is 0 Å². The van der Waals surface area contributed by atoms with E-state index in [1.54, 1.807) is 83.1 Å². The third kappa shape index (κ3) is 33.9. The smallest absolute Gasteiger partial charge is 0.322 e. The molecular weight excluding hydrogens is 891 g/mol. The van der Waals surface area contributed by atoms with Crippen molar-refractivity contribution in [3.8, 4) is 0 Å². The van der Waals surface area contributed by atoms with Crippen LogP contribution in [-0.4, -0.2) is 219 Å². The van der Waals surface area contributed by atoms with Gasteiger partial charge in [-0.25, -0.2) is 0 Å². The average molecular weight is 974 g/mol. The van der Waals surface area contributed by atoms with Crippen LogP contribution in [0, 0.1) is 0 Å². The molecule has 22 nitrogen and oxygen atoms in total. The second kappa shape index (κ2) is 30.2. The standard InChI is InChI=1S/C46H83N7O15/c1-43(2,3)65-38(58)14-13-34(42(62)47-16-26-64-28-27-63-25-15-35(54)48-29-37(56)57)49-36(55)30-50-17-19-51(31-39(59)66-44(4,5)6)21-23-53(33-41(61)68-46(10,11)12)24-22-52(20-18-50)32-40(60)67-45(7,8)9/h34H,13-33H2,1-12H3,(H,47,62)(H,48,54)(H,49,55)(H,56,57)/t34-/m0/s1. The number of carbonyl (C=O) groups is 8. The van der Waals surface area contributed by atoms with E-state index in [0.29, 0.717) is 39.3 Å². The number of ether oxygens (including phenoxy) is 6. The first-order valence-electron chi connectivity index (χ1n) is 23.4. The highest BCUT2D eigenvalue weighted by atomic mass is 16.6. The van der Waals surface area contributed by atoms with Gasteiger partial charge in [-0.05, 0) is 89.5 Å². The Morgan fingerprint density at radius 2 is 0.838 bits per heavy atom. The zero-order valence-corrected chi connectivity index (χ0v) is 42.9. The molecule has 0 spiro atoms. The molecule has 1 rings (SSSR count). The fourth-order valence-corrected chi connectivity index (χ4v) is 6.37. The van der Waals surface area contributed by atoms with Gasteiger partial charge in [0.25, 0.3) is 0 Å². The van der Waals surface area contributed by atoms with Crippen molar-refractivity contribution in [2.24, 2.45) is 0 Å². The Balaban J connectivity index is 3.23. The van der Waals surface area contributed by atoms with Crippen molar-refractivity contribution in [1.29, 1.82) is 0 Å². The number of carboxylic acids is 1. The van der Waals surface area contributed by atoms with Gasteiger partial charge in [0.2, 0.25) is 17.7 Å². The van der Waals surface area contributed by atoms with Crippen molar-refractivity contribution in [2.75, 3.05) is 118 Å². The van der Waals surface area contributed by atoms with Gasteiger partial charge in [-0.2, -0.15) is 0 Å². The van der Waals surface area contributed by atoms with E-state index in [9.17, 15) is 38.4 Å². The number of carbonyl (C=O) groups excluding carboxylic acids is 7. The molecule has 1 aliphatic heterocycles. The van der Waals surface area contributed by atoms with Crippen LogP contribution in [-0.2, 0) is 66.8 Å². The first-order chi connectivity index (χ1) is 31.4. The second-order valence-corrected chi connectivity index (χ2v) is 20.5. The molecular formula is C46H83N7O15. The molecule has 68 heavy (non-hydrogen) atoms. The monoisotopic (exact) mass is 974 g/mol. The number of aliphatic carboxylic acids is 1. The molecule has 1 saturated heterocycles. The van der Waals surface area contributed by atoms with Crippen molar-refractivity contribution < 1.29 is 71.9 Å². The van der Waals surface area contributed by atoms with Crippen LogP contribution in [0.4, 0.5) is 0 Å². The van der Waals surface area contributed by atoms with Crippen molar-refractivity contribution in [2.45, 2.75) is 131 Å². The van der Waals surface area contributed by atoms with Crippen molar-refractivity contribution in [1.82, 2.24) is 35.6 Å². The zero-order valence-electron chi connectivity index (χ0n) is 42.9. The first kappa shape index (κ1) is 61.5. The summed E-state index contributed by atoms with van der Waals surface area (Å²) >= 11 is 0. The molecule has 1 fully saturated rings.